The van der Waals surface area contributed by atoms with Gasteiger partial charge in [0.2, 0.25) is 0 Å². The number of hydrogen-bond acceptors (Lipinski definition) is 4. The minimum Gasteiger partial charge on any atom is -0.491 e. The summed E-state index contributed by atoms with van der Waals surface area (Å²) < 4.78 is 7.53. The molecule has 5 heteroatoms. The van der Waals surface area contributed by atoms with Gasteiger partial charge < -0.3 is 15.8 Å². The number of nitrogens with zero attached hydrogens (tertiary/aromatic N) is 2. The van der Waals surface area contributed by atoms with Crippen molar-refractivity contribution in [1.29, 1.82) is 0 Å². The lowest BCUT2D eigenvalue weighted by Gasteiger charge is -2.13. The standard InChI is InChI=1S/C14H20N4O/c1-11(2)19-14-9-12(15)8-13(10-14)16-5-7-18-6-3-4-17-18/h3-4,6,8-11,16H,5,7,15H2,1-2H3. The number of nitrogens with one attached hydrogen (secondary N) is 1. The number of anilines is 2. The molecule has 3 N–H and O–H groups in total. The summed E-state index contributed by atoms with van der Waals surface area (Å²) in [5.41, 5.74) is 7.52. The second-order valence-electron chi connectivity index (χ2n) is 4.65. The number of hydrogen-bond donors (Lipinski definition) is 2. The van der Waals surface area contributed by atoms with Gasteiger partial charge in [0.15, 0.2) is 0 Å². The molecule has 0 bridgehead atoms. The molecular formula is C14H20N4O. The van der Waals surface area contributed by atoms with Gasteiger partial charge in [-0.05, 0) is 26.0 Å². The van der Waals surface area contributed by atoms with Crippen molar-refractivity contribution in [3.8, 4) is 5.75 Å². The summed E-state index contributed by atoms with van der Waals surface area (Å²) in [6, 6.07) is 7.60. The number of nitrogen functional groups attached to an aromatic ring is 1. The summed E-state index contributed by atoms with van der Waals surface area (Å²) >= 11 is 0. The molecule has 1 heterocycles. The van der Waals surface area contributed by atoms with E-state index in [9.17, 15) is 0 Å². The van der Waals surface area contributed by atoms with E-state index in [0.29, 0.717) is 5.69 Å². The summed E-state index contributed by atoms with van der Waals surface area (Å²) in [4.78, 5) is 0. The molecule has 0 aliphatic rings. The molecule has 0 spiro atoms. The van der Waals surface area contributed by atoms with Crippen LogP contribution in [0.15, 0.2) is 36.7 Å². The van der Waals surface area contributed by atoms with Crippen LogP contribution in [0.4, 0.5) is 11.4 Å². The van der Waals surface area contributed by atoms with E-state index in [0.717, 1.165) is 24.5 Å². The van der Waals surface area contributed by atoms with Gasteiger partial charge in [-0.25, -0.2) is 0 Å². The maximum Gasteiger partial charge on any atom is 0.123 e. The molecule has 0 atom stereocenters. The molecule has 0 unspecified atom stereocenters. The maximum atomic E-state index is 5.86. The first kappa shape index (κ1) is 13.3. The lowest BCUT2D eigenvalue weighted by atomic mass is 10.2. The lowest BCUT2D eigenvalue weighted by molar-refractivity contribution is 0.242. The average molecular weight is 260 g/mol. The topological polar surface area (TPSA) is 65.1 Å². The Morgan fingerprint density at radius 1 is 1.37 bits per heavy atom. The number of benzene rings is 1. The largest absolute Gasteiger partial charge is 0.491 e. The molecule has 0 saturated carbocycles. The second-order valence-corrected chi connectivity index (χ2v) is 4.65. The Bertz CT molecular complexity index is 508. The zero-order valence-corrected chi connectivity index (χ0v) is 11.3. The second kappa shape index (κ2) is 6.13. The van der Waals surface area contributed by atoms with Gasteiger partial charge in [-0.2, -0.15) is 5.10 Å². The van der Waals surface area contributed by atoms with Gasteiger partial charge in [-0.15, -0.1) is 0 Å². The highest BCUT2D eigenvalue weighted by Gasteiger charge is 2.02. The molecule has 1 aromatic carbocycles. The molecule has 0 aliphatic heterocycles. The zero-order valence-electron chi connectivity index (χ0n) is 11.3. The SMILES string of the molecule is CC(C)Oc1cc(N)cc(NCCn2cccn2)c1. The van der Waals surface area contributed by atoms with Crippen LogP contribution in [0.1, 0.15) is 13.8 Å². The fourth-order valence-corrected chi connectivity index (χ4v) is 1.81. The van der Waals surface area contributed by atoms with Crippen LogP contribution in [-0.2, 0) is 6.54 Å². The predicted molar refractivity (Wildman–Crippen MR) is 77.3 cm³/mol. The van der Waals surface area contributed by atoms with Crippen LogP contribution in [0.5, 0.6) is 5.75 Å². The van der Waals surface area contributed by atoms with E-state index in [-0.39, 0.29) is 6.10 Å². The summed E-state index contributed by atoms with van der Waals surface area (Å²) in [6.07, 6.45) is 3.85. The Kier molecular flexibility index (Phi) is 4.28. The van der Waals surface area contributed by atoms with Crippen molar-refractivity contribution in [2.75, 3.05) is 17.6 Å². The Labute approximate surface area is 113 Å². The number of nitrogens with two attached hydrogens (primary N) is 1. The molecule has 0 aliphatic carbocycles. The highest BCUT2D eigenvalue weighted by atomic mass is 16.5. The van der Waals surface area contributed by atoms with E-state index in [1.54, 1.807) is 6.20 Å². The molecule has 2 rings (SSSR count). The van der Waals surface area contributed by atoms with Gasteiger partial charge in [0.1, 0.15) is 5.75 Å². The van der Waals surface area contributed by atoms with Crippen molar-refractivity contribution in [1.82, 2.24) is 9.78 Å². The quantitative estimate of drug-likeness (QED) is 0.783. The molecule has 0 fully saturated rings. The van der Waals surface area contributed by atoms with Crippen molar-refractivity contribution in [3.05, 3.63) is 36.7 Å². The molecule has 19 heavy (non-hydrogen) atoms. The van der Waals surface area contributed by atoms with Gasteiger partial charge in [-0.3, -0.25) is 4.68 Å². The fraction of sp³-hybridized carbons (Fsp3) is 0.357. The Morgan fingerprint density at radius 3 is 2.89 bits per heavy atom. The Hall–Kier alpha value is -2.17. The molecule has 0 saturated heterocycles. The van der Waals surface area contributed by atoms with Crippen LogP contribution in [0, 0.1) is 0 Å². The summed E-state index contributed by atoms with van der Waals surface area (Å²) in [6.45, 7) is 5.58. The van der Waals surface area contributed by atoms with Crippen LogP contribution < -0.4 is 15.8 Å². The molecule has 2 aromatic rings. The minimum absolute atomic E-state index is 0.138. The zero-order chi connectivity index (χ0) is 13.7. The molecule has 102 valence electrons. The smallest absolute Gasteiger partial charge is 0.123 e. The van der Waals surface area contributed by atoms with Gasteiger partial charge in [0.05, 0.1) is 12.6 Å². The Balaban J connectivity index is 1.93. The van der Waals surface area contributed by atoms with E-state index in [1.165, 1.54) is 0 Å². The normalized spacial score (nSPS) is 10.7. The van der Waals surface area contributed by atoms with Crippen molar-refractivity contribution >= 4 is 11.4 Å². The van der Waals surface area contributed by atoms with Crippen LogP contribution in [0.2, 0.25) is 0 Å². The third-order valence-corrected chi connectivity index (χ3v) is 2.53. The van der Waals surface area contributed by atoms with Crippen molar-refractivity contribution in [3.63, 3.8) is 0 Å². The van der Waals surface area contributed by atoms with Gasteiger partial charge in [-0.1, -0.05) is 0 Å². The van der Waals surface area contributed by atoms with Crippen molar-refractivity contribution in [2.45, 2.75) is 26.5 Å². The third-order valence-electron chi connectivity index (χ3n) is 2.53. The first-order valence-electron chi connectivity index (χ1n) is 6.42. The van der Waals surface area contributed by atoms with Crippen LogP contribution in [0.3, 0.4) is 0 Å². The number of ether oxygens (including phenoxy) is 1. The van der Waals surface area contributed by atoms with Crippen molar-refractivity contribution in [2.24, 2.45) is 0 Å². The first-order valence-corrected chi connectivity index (χ1v) is 6.42. The maximum absolute atomic E-state index is 5.86. The van der Waals surface area contributed by atoms with E-state index in [1.807, 2.05) is 49.0 Å². The number of aromatic nitrogens is 2. The molecule has 0 radical (unpaired) electrons. The summed E-state index contributed by atoms with van der Waals surface area (Å²) in [5.74, 6) is 0.789. The van der Waals surface area contributed by atoms with Gasteiger partial charge >= 0.3 is 0 Å². The molecule has 5 nitrogen and oxygen atoms in total. The first-order chi connectivity index (χ1) is 9.13. The van der Waals surface area contributed by atoms with Crippen molar-refractivity contribution < 1.29 is 4.74 Å². The van der Waals surface area contributed by atoms with Gasteiger partial charge in [0, 0.05) is 42.4 Å². The van der Waals surface area contributed by atoms with Crippen LogP contribution >= 0.6 is 0 Å². The van der Waals surface area contributed by atoms with E-state index >= 15 is 0 Å². The molecule has 0 amide bonds. The summed E-state index contributed by atoms with van der Waals surface area (Å²) in [7, 11) is 0. The van der Waals surface area contributed by atoms with E-state index < -0.39 is 0 Å². The van der Waals surface area contributed by atoms with E-state index in [4.69, 9.17) is 10.5 Å². The van der Waals surface area contributed by atoms with Gasteiger partial charge in [0.25, 0.3) is 0 Å². The number of rotatable bonds is 6. The summed E-state index contributed by atoms with van der Waals surface area (Å²) in [5, 5.41) is 7.47. The molecular weight excluding hydrogens is 240 g/mol. The Morgan fingerprint density at radius 2 is 2.21 bits per heavy atom. The average Bonchev–Trinajstić information content (AvgIpc) is 2.80. The highest BCUT2D eigenvalue weighted by molar-refractivity contribution is 5.59. The molecule has 1 aromatic heterocycles. The third kappa shape index (κ3) is 4.21. The van der Waals surface area contributed by atoms with Crippen LogP contribution in [-0.4, -0.2) is 22.4 Å². The highest BCUT2D eigenvalue weighted by Crippen LogP contribution is 2.23. The minimum atomic E-state index is 0.138. The fourth-order valence-electron chi connectivity index (χ4n) is 1.81. The lowest BCUT2D eigenvalue weighted by Crippen LogP contribution is -2.11. The van der Waals surface area contributed by atoms with E-state index in [2.05, 4.69) is 10.4 Å². The van der Waals surface area contributed by atoms with Crippen LogP contribution in [0.25, 0.3) is 0 Å². The monoisotopic (exact) mass is 260 g/mol. The predicted octanol–water partition coefficient (Wildman–Crippen LogP) is 2.36.